The summed E-state index contributed by atoms with van der Waals surface area (Å²) in [6.45, 7) is 3.61. The number of hydrogen-bond acceptors (Lipinski definition) is 2. The lowest BCUT2D eigenvalue weighted by molar-refractivity contribution is 0.340. The lowest BCUT2D eigenvalue weighted by Gasteiger charge is -2.09. The van der Waals surface area contributed by atoms with Gasteiger partial charge in [-0.1, -0.05) is 29.8 Å². The summed E-state index contributed by atoms with van der Waals surface area (Å²) in [7, 11) is 0. The summed E-state index contributed by atoms with van der Waals surface area (Å²) in [4.78, 5) is 0. The van der Waals surface area contributed by atoms with Gasteiger partial charge in [-0.05, 0) is 36.8 Å². The Morgan fingerprint density at radius 1 is 1.15 bits per heavy atom. The predicted molar refractivity (Wildman–Crippen MR) is 79.6 cm³/mol. The maximum Gasteiger partial charge on any atom is 0.129 e. The third kappa shape index (κ3) is 3.95. The van der Waals surface area contributed by atoms with Crippen LogP contribution in [-0.2, 0) is 13.1 Å². The molecule has 0 aliphatic carbocycles. The van der Waals surface area contributed by atoms with E-state index in [2.05, 4.69) is 5.32 Å². The second-order valence-corrected chi connectivity index (χ2v) is 4.79. The topological polar surface area (TPSA) is 21.3 Å². The number of benzene rings is 2. The fraction of sp³-hybridized carbons (Fsp3) is 0.250. The van der Waals surface area contributed by atoms with E-state index >= 15 is 0 Å². The molecule has 0 saturated heterocycles. The molecular formula is C16H17ClFNO. The monoisotopic (exact) mass is 293 g/mol. The Morgan fingerprint density at radius 3 is 2.70 bits per heavy atom. The molecule has 0 amide bonds. The Bertz CT molecular complexity index is 554. The van der Waals surface area contributed by atoms with Crippen LogP contribution in [0.3, 0.4) is 0 Å². The van der Waals surface area contributed by atoms with Crippen LogP contribution in [0.25, 0.3) is 0 Å². The van der Waals surface area contributed by atoms with E-state index in [1.165, 1.54) is 6.07 Å². The van der Waals surface area contributed by atoms with Crippen molar-refractivity contribution >= 4 is 11.6 Å². The first-order chi connectivity index (χ1) is 9.70. The number of ether oxygens (including phenoxy) is 1. The third-order valence-corrected chi connectivity index (χ3v) is 3.26. The molecule has 0 radical (unpaired) electrons. The van der Waals surface area contributed by atoms with Crippen LogP contribution in [0.4, 0.5) is 4.39 Å². The Labute approximate surface area is 123 Å². The van der Waals surface area contributed by atoms with Crippen molar-refractivity contribution in [1.82, 2.24) is 5.32 Å². The molecule has 2 nitrogen and oxygen atoms in total. The van der Waals surface area contributed by atoms with Crippen molar-refractivity contribution in [2.45, 2.75) is 20.0 Å². The van der Waals surface area contributed by atoms with Crippen molar-refractivity contribution in [3.8, 4) is 5.75 Å². The minimum Gasteiger partial charge on any atom is -0.494 e. The minimum atomic E-state index is -0.284. The van der Waals surface area contributed by atoms with E-state index in [4.69, 9.17) is 16.3 Å². The summed E-state index contributed by atoms with van der Waals surface area (Å²) in [6, 6.07) is 12.5. The van der Waals surface area contributed by atoms with E-state index in [0.717, 1.165) is 11.3 Å². The molecule has 4 heteroatoms. The van der Waals surface area contributed by atoms with E-state index in [0.29, 0.717) is 30.3 Å². The molecule has 2 aromatic rings. The molecule has 0 aliphatic heterocycles. The number of halogens is 2. The standard InChI is InChI=1S/C16H17ClFNO/c1-2-20-13-6-3-5-12(9-13)10-19-11-14-15(17)7-4-8-16(14)18/h3-9,19H,2,10-11H2,1H3. The maximum absolute atomic E-state index is 13.6. The van der Waals surface area contributed by atoms with Crippen LogP contribution in [0, 0.1) is 5.82 Å². The molecule has 0 fully saturated rings. The molecular weight excluding hydrogens is 277 g/mol. The molecule has 2 aromatic carbocycles. The average molecular weight is 294 g/mol. The molecule has 0 aromatic heterocycles. The Hall–Kier alpha value is -1.58. The second kappa shape index (κ2) is 7.27. The molecule has 1 N–H and O–H groups in total. The minimum absolute atomic E-state index is 0.284. The van der Waals surface area contributed by atoms with Gasteiger partial charge in [0.05, 0.1) is 6.61 Å². The molecule has 0 spiro atoms. The van der Waals surface area contributed by atoms with Gasteiger partial charge in [0.1, 0.15) is 11.6 Å². The van der Waals surface area contributed by atoms with Gasteiger partial charge in [-0.25, -0.2) is 4.39 Å². The fourth-order valence-corrected chi connectivity index (χ4v) is 2.17. The first-order valence-corrected chi connectivity index (χ1v) is 6.94. The zero-order valence-corrected chi connectivity index (χ0v) is 12.1. The van der Waals surface area contributed by atoms with Crippen LogP contribution in [0.1, 0.15) is 18.1 Å². The van der Waals surface area contributed by atoms with Crippen LogP contribution >= 0.6 is 11.6 Å². The summed E-state index contributed by atoms with van der Waals surface area (Å²) in [6.07, 6.45) is 0. The van der Waals surface area contributed by atoms with Crippen molar-refractivity contribution in [2.24, 2.45) is 0 Å². The van der Waals surface area contributed by atoms with Gasteiger partial charge in [0, 0.05) is 23.7 Å². The highest BCUT2D eigenvalue weighted by Crippen LogP contribution is 2.19. The highest BCUT2D eigenvalue weighted by atomic mass is 35.5. The maximum atomic E-state index is 13.6. The Morgan fingerprint density at radius 2 is 1.95 bits per heavy atom. The van der Waals surface area contributed by atoms with Gasteiger partial charge in [-0.2, -0.15) is 0 Å². The van der Waals surface area contributed by atoms with E-state index in [1.807, 2.05) is 31.2 Å². The van der Waals surface area contributed by atoms with E-state index in [9.17, 15) is 4.39 Å². The summed E-state index contributed by atoms with van der Waals surface area (Å²) in [5, 5.41) is 3.63. The SMILES string of the molecule is CCOc1cccc(CNCc2c(F)cccc2Cl)c1. The average Bonchev–Trinajstić information content (AvgIpc) is 2.43. The quantitative estimate of drug-likeness (QED) is 0.863. The molecule has 2 rings (SSSR count). The molecule has 106 valence electrons. The van der Waals surface area contributed by atoms with Gasteiger partial charge in [-0.15, -0.1) is 0 Å². The van der Waals surface area contributed by atoms with Crippen LogP contribution in [0.15, 0.2) is 42.5 Å². The molecule has 0 saturated carbocycles. The van der Waals surface area contributed by atoms with Gasteiger partial charge in [0.25, 0.3) is 0 Å². The van der Waals surface area contributed by atoms with Crippen LogP contribution in [0.2, 0.25) is 5.02 Å². The van der Waals surface area contributed by atoms with Gasteiger partial charge in [-0.3, -0.25) is 0 Å². The van der Waals surface area contributed by atoms with Crippen molar-refractivity contribution in [2.75, 3.05) is 6.61 Å². The Balaban J connectivity index is 1.94. The van der Waals surface area contributed by atoms with Gasteiger partial charge >= 0.3 is 0 Å². The van der Waals surface area contributed by atoms with E-state index in [-0.39, 0.29) is 5.82 Å². The highest BCUT2D eigenvalue weighted by Gasteiger charge is 2.06. The predicted octanol–water partition coefficient (Wildman–Crippen LogP) is 4.17. The zero-order chi connectivity index (χ0) is 14.4. The molecule has 0 unspecified atom stereocenters. The summed E-state index contributed by atoms with van der Waals surface area (Å²) in [5.74, 6) is 0.559. The Kier molecular flexibility index (Phi) is 5.39. The van der Waals surface area contributed by atoms with Crippen molar-refractivity contribution in [3.63, 3.8) is 0 Å². The highest BCUT2D eigenvalue weighted by molar-refractivity contribution is 6.31. The fourth-order valence-electron chi connectivity index (χ4n) is 1.94. The number of rotatable bonds is 6. The number of hydrogen-bond donors (Lipinski definition) is 1. The van der Waals surface area contributed by atoms with Gasteiger partial charge < -0.3 is 10.1 Å². The molecule has 0 bridgehead atoms. The third-order valence-electron chi connectivity index (χ3n) is 2.90. The molecule has 0 aliphatic rings. The lowest BCUT2D eigenvalue weighted by atomic mass is 10.2. The van der Waals surface area contributed by atoms with Gasteiger partial charge in [0.2, 0.25) is 0 Å². The summed E-state index contributed by atoms with van der Waals surface area (Å²) >= 11 is 5.98. The van der Waals surface area contributed by atoms with Crippen LogP contribution < -0.4 is 10.1 Å². The van der Waals surface area contributed by atoms with E-state index in [1.54, 1.807) is 12.1 Å². The first kappa shape index (κ1) is 14.8. The normalized spacial score (nSPS) is 10.6. The van der Waals surface area contributed by atoms with Crippen molar-refractivity contribution in [1.29, 1.82) is 0 Å². The summed E-state index contributed by atoms with van der Waals surface area (Å²) in [5.41, 5.74) is 1.58. The largest absolute Gasteiger partial charge is 0.494 e. The summed E-state index contributed by atoms with van der Waals surface area (Å²) < 4.78 is 19.0. The van der Waals surface area contributed by atoms with Gasteiger partial charge in [0.15, 0.2) is 0 Å². The van der Waals surface area contributed by atoms with Crippen molar-refractivity contribution < 1.29 is 9.13 Å². The molecule has 0 heterocycles. The zero-order valence-electron chi connectivity index (χ0n) is 11.3. The van der Waals surface area contributed by atoms with Crippen LogP contribution in [0.5, 0.6) is 5.75 Å². The van der Waals surface area contributed by atoms with Crippen molar-refractivity contribution in [3.05, 3.63) is 64.4 Å². The second-order valence-electron chi connectivity index (χ2n) is 4.38. The van der Waals surface area contributed by atoms with Crippen LogP contribution in [-0.4, -0.2) is 6.61 Å². The number of nitrogens with one attached hydrogen (secondary N) is 1. The first-order valence-electron chi connectivity index (χ1n) is 6.56. The smallest absolute Gasteiger partial charge is 0.129 e. The molecule has 0 atom stereocenters. The van der Waals surface area contributed by atoms with E-state index < -0.39 is 0 Å². The molecule has 20 heavy (non-hydrogen) atoms. The lowest BCUT2D eigenvalue weighted by Crippen LogP contribution is -2.14.